The van der Waals surface area contributed by atoms with Crippen molar-refractivity contribution in [1.82, 2.24) is 4.98 Å². The van der Waals surface area contributed by atoms with E-state index in [1.807, 2.05) is 30.3 Å². The Hall–Kier alpha value is -1.91. The van der Waals surface area contributed by atoms with E-state index < -0.39 is 6.10 Å². The van der Waals surface area contributed by atoms with E-state index in [0.717, 1.165) is 20.8 Å². The molecular formula is C17H14BrNO2. The van der Waals surface area contributed by atoms with Crippen LogP contribution in [0.1, 0.15) is 18.6 Å². The molecule has 0 aliphatic heterocycles. The van der Waals surface area contributed by atoms with Crippen LogP contribution in [-0.4, -0.2) is 10.1 Å². The number of hydrogen-bond donors (Lipinski definition) is 1. The summed E-state index contributed by atoms with van der Waals surface area (Å²) in [4.78, 5) is 4.18. The number of hydrogen-bond acceptors (Lipinski definition) is 3. The molecule has 3 rings (SSSR count). The highest BCUT2D eigenvalue weighted by atomic mass is 79.9. The van der Waals surface area contributed by atoms with Crippen LogP contribution in [0.25, 0.3) is 10.8 Å². The summed E-state index contributed by atoms with van der Waals surface area (Å²) < 4.78 is 6.73. The number of nitrogens with zero attached hydrogens (tertiary/aromatic N) is 1. The molecule has 0 bridgehead atoms. The number of aromatic nitrogens is 1. The number of fused-ring (bicyclic) bond motifs is 1. The van der Waals surface area contributed by atoms with E-state index in [0.29, 0.717) is 11.6 Å². The summed E-state index contributed by atoms with van der Waals surface area (Å²) in [6.07, 6.45) is 1.09. The molecule has 0 radical (unpaired) electrons. The summed E-state index contributed by atoms with van der Waals surface area (Å²) in [5, 5.41) is 11.8. The first kappa shape index (κ1) is 14.0. The van der Waals surface area contributed by atoms with Crippen molar-refractivity contribution in [3.63, 3.8) is 0 Å². The largest absolute Gasteiger partial charge is 0.438 e. The van der Waals surface area contributed by atoms with E-state index in [2.05, 4.69) is 27.0 Å². The number of rotatable bonds is 3. The minimum atomic E-state index is -0.546. The van der Waals surface area contributed by atoms with E-state index in [1.165, 1.54) is 0 Å². The van der Waals surface area contributed by atoms with E-state index in [4.69, 9.17) is 4.74 Å². The van der Waals surface area contributed by atoms with Crippen molar-refractivity contribution in [2.45, 2.75) is 13.0 Å². The Morgan fingerprint density at radius 3 is 2.76 bits per heavy atom. The van der Waals surface area contributed by atoms with Gasteiger partial charge in [-0.1, -0.05) is 30.3 Å². The molecule has 3 nitrogen and oxygen atoms in total. The zero-order valence-electron chi connectivity index (χ0n) is 11.5. The Labute approximate surface area is 131 Å². The summed E-state index contributed by atoms with van der Waals surface area (Å²) in [5.41, 5.74) is 0.775. The Morgan fingerprint density at radius 2 is 1.95 bits per heavy atom. The predicted molar refractivity (Wildman–Crippen MR) is 86.6 cm³/mol. The fourth-order valence-corrected chi connectivity index (χ4v) is 2.72. The smallest absolute Gasteiger partial charge is 0.219 e. The molecule has 2 aromatic carbocycles. The average molecular weight is 344 g/mol. The molecule has 1 aromatic heterocycles. The van der Waals surface area contributed by atoms with Crippen LogP contribution in [0.2, 0.25) is 0 Å². The van der Waals surface area contributed by atoms with Gasteiger partial charge in [0.2, 0.25) is 5.88 Å². The van der Waals surface area contributed by atoms with Crippen molar-refractivity contribution >= 4 is 26.7 Å². The lowest BCUT2D eigenvalue weighted by Gasteiger charge is -2.11. The molecular weight excluding hydrogens is 330 g/mol. The highest BCUT2D eigenvalue weighted by molar-refractivity contribution is 9.10. The molecule has 106 valence electrons. The van der Waals surface area contributed by atoms with Crippen LogP contribution in [0.4, 0.5) is 0 Å². The van der Waals surface area contributed by atoms with E-state index in [-0.39, 0.29) is 0 Å². The molecule has 0 aliphatic rings. The molecule has 1 N–H and O–H groups in total. The normalized spacial score (nSPS) is 12.3. The highest BCUT2D eigenvalue weighted by Gasteiger charge is 2.09. The minimum Gasteiger partial charge on any atom is -0.438 e. The molecule has 0 saturated carbocycles. The number of halogens is 1. The minimum absolute atomic E-state index is 0.462. The summed E-state index contributed by atoms with van der Waals surface area (Å²) in [5.74, 6) is 1.16. The van der Waals surface area contributed by atoms with Crippen LogP contribution >= 0.6 is 15.9 Å². The van der Waals surface area contributed by atoms with Gasteiger partial charge < -0.3 is 9.84 Å². The topological polar surface area (TPSA) is 42.4 Å². The summed E-state index contributed by atoms with van der Waals surface area (Å²) >= 11 is 3.58. The van der Waals surface area contributed by atoms with Crippen molar-refractivity contribution in [3.05, 3.63) is 64.8 Å². The number of pyridine rings is 1. The maximum Gasteiger partial charge on any atom is 0.219 e. The van der Waals surface area contributed by atoms with Crippen LogP contribution in [0.15, 0.2) is 59.2 Å². The van der Waals surface area contributed by atoms with Crippen molar-refractivity contribution in [2.75, 3.05) is 0 Å². The van der Waals surface area contributed by atoms with Gasteiger partial charge in [-0.05, 0) is 51.3 Å². The summed E-state index contributed by atoms with van der Waals surface area (Å²) in [6.45, 7) is 1.71. The number of aliphatic hydroxyl groups is 1. The molecule has 1 unspecified atom stereocenters. The lowest BCUT2D eigenvalue weighted by molar-refractivity contribution is 0.198. The van der Waals surface area contributed by atoms with Crippen molar-refractivity contribution in [1.29, 1.82) is 0 Å². The first-order chi connectivity index (χ1) is 10.1. The molecule has 1 atom stereocenters. The Morgan fingerprint density at radius 1 is 1.14 bits per heavy atom. The number of aliphatic hydroxyl groups excluding tert-OH is 1. The molecule has 1 heterocycles. The third-order valence-corrected chi connectivity index (χ3v) is 4.10. The second kappa shape index (κ2) is 5.84. The zero-order valence-corrected chi connectivity index (χ0v) is 13.0. The van der Waals surface area contributed by atoms with Gasteiger partial charge in [-0.25, -0.2) is 4.98 Å². The molecule has 0 amide bonds. The number of benzene rings is 2. The fourth-order valence-electron chi connectivity index (χ4n) is 2.15. The third-order valence-electron chi connectivity index (χ3n) is 3.28. The van der Waals surface area contributed by atoms with Gasteiger partial charge in [-0.3, -0.25) is 0 Å². The van der Waals surface area contributed by atoms with Gasteiger partial charge in [0, 0.05) is 12.3 Å². The van der Waals surface area contributed by atoms with Gasteiger partial charge in [-0.15, -0.1) is 0 Å². The standard InChI is InChI=1S/C17H14BrNO2/c1-11(20)13-8-9-19-16(10-13)21-15-7-6-12-4-2-3-5-14(12)17(15)18/h2-11,20H,1H3. The number of ether oxygens (including phenoxy) is 1. The Balaban J connectivity index is 1.98. The fraction of sp³-hybridized carbons (Fsp3) is 0.118. The van der Waals surface area contributed by atoms with Crippen molar-refractivity contribution in [2.24, 2.45) is 0 Å². The third kappa shape index (κ3) is 2.91. The maximum absolute atomic E-state index is 9.62. The lowest BCUT2D eigenvalue weighted by Crippen LogP contribution is -1.94. The molecule has 0 aliphatic carbocycles. The van der Waals surface area contributed by atoms with Gasteiger partial charge in [0.15, 0.2) is 0 Å². The summed E-state index contributed by atoms with van der Waals surface area (Å²) in [7, 11) is 0. The quantitative estimate of drug-likeness (QED) is 0.739. The highest BCUT2D eigenvalue weighted by Crippen LogP contribution is 2.35. The van der Waals surface area contributed by atoms with Gasteiger partial charge in [-0.2, -0.15) is 0 Å². The first-order valence-corrected chi connectivity index (χ1v) is 7.43. The van der Waals surface area contributed by atoms with Crippen LogP contribution in [-0.2, 0) is 0 Å². The van der Waals surface area contributed by atoms with Gasteiger partial charge in [0.25, 0.3) is 0 Å². The van der Waals surface area contributed by atoms with Crippen LogP contribution in [0.5, 0.6) is 11.6 Å². The van der Waals surface area contributed by atoms with Crippen LogP contribution in [0.3, 0.4) is 0 Å². The molecule has 0 fully saturated rings. The second-order valence-corrected chi connectivity index (χ2v) is 5.60. The molecule has 4 heteroatoms. The van der Waals surface area contributed by atoms with E-state index >= 15 is 0 Å². The first-order valence-electron chi connectivity index (χ1n) is 6.64. The summed E-state index contributed by atoms with van der Waals surface area (Å²) in [6, 6.07) is 15.5. The van der Waals surface area contributed by atoms with E-state index in [9.17, 15) is 5.11 Å². The van der Waals surface area contributed by atoms with Gasteiger partial charge in [0.05, 0.1) is 10.6 Å². The average Bonchev–Trinajstić information content (AvgIpc) is 2.51. The SMILES string of the molecule is CC(O)c1ccnc(Oc2ccc3ccccc3c2Br)c1. The Bertz CT molecular complexity index is 787. The second-order valence-electron chi connectivity index (χ2n) is 4.80. The maximum atomic E-state index is 9.62. The van der Waals surface area contributed by atoms with Crippen molar-refractivity contribution in [3.8, 4) is 11.6 Å². The van der Waals surface area contributed by atoms with Crippen LogP contribution in [0, 0.1) is 0 Å². The molecule has 0 saturated heterocycles. The molecule has 3 aromatic rings. The predicted octanol–water partition coefficient (Wildman–Crippen LogP) is 4.84. The zero-order chi connectivity index (χ0) is 14.8. The lowest BCUT2D eigenvalue weighted by atomic mass is 10.1. The van der Waals surface area contributed by atoms with Crippen molar-refractivity contribution < 1.29 is 9.84 Å². The monoisotopic (exact) mass is 343 g/mol. The van der Waals surface area contributed by atoms with Crippen LogP contribution < -0.4 is 4.74 Å². The molecule has 21 heavy (non-hydrogen) atoms. The van der Waals surface area contributed by atoms with E-state index in [1.54, 1.807) is 25.3 Å². The Kier molecular flexibility index (Phi) is 3.90. The van der Waals surface area contributed by atoms with Gasteiger partial charge in [0.1, 0.15) is 5.75 Å². The van der Waals surface area contributed by atoms with Gasteiger partial charge >= 0.3 is 0 Å². The molecule has 0 spiro atoms.